The van der Waals surface area contributed by atoms with Gasteiger partial charge in [0.05, 0.1) is 10.6 Å². The van der Waals surface area contributed by atoms with E-state index in [1.54, 1.807) is 6.07 Å². The van der Waals surface area contributed by atoms with E-state index in [4.69, 9.17) is 0 Å². The molecule has 3 aromatic carbocycles. The molecule has 0 heterocycles. The monoisotopic (exact) mass is 440 g/mol. The molecule has 0 aromatic heterocycles. The van der Waals surface area contributed by atoms with Crippen LogP contribution in [0.2, 0.25) is 0 Å². The summed E-state index contributed by atoms with van der Waals surface area (Å²) >= 11 is 0. The van der Waals surface area contributed by atoms with Crippen molar-refractivity contribution in [1.29, 1.82) is 0 Å². The van der Waals surface area contributed by atoms with Gasteiger partial charge in [0.2, 0.25) is 0 Å². The smallest absolute Gasteiger partial charge is 0.264 e. The van der Waals surface area contributed by atoms with Gasteiger partial charge in [-0.25, -0.2) is 12.8 Å². The van der Waals surface area contributed by atoms with Gasteiger partial charge in [-0.1, -0.05) is 38.1 Å². The van der Waals surface area contributed by atoms with Gasteiger partial charge in [-0.15, -0.1) is 0 Å². The molecule has 162 valence electrons. The van der Waals surface area contributed by atoms with E-state index in [0.29, 0.717) is 5.69 Å². The summed E-state index contributed by atoms with van der Waals surface area (Å²) in [4.78, 5) is 12.9. The number of hydrogen-bond acceptors (Lipinski definition) is 3. The zero-order chi connectivity index (χ0) is 22.8. The second-order valence-corrected chi connectivity index (χ2v) is 9.59. The van der Waals surface area contributed by atoms with E-state index in [0.717, 1.165) is 21.1 Å². The fourth-order valence-corrected chi connectivity index (χ4v) is 4.52. The molecule has 0 aliphatic heterocycles. The normalized spacial score (nSPS) is 11.4. The van der Waals surface area contributed by atoms with Crippen molar-refractivity contribution in [2.75, 3.05) is 16.7 Å². The lowest BCUT2D eigenvalue weighted by molar-refractivity contribution is 0.102. The number of para-hydroxylation sites is 1. The van der Waals surface area contributed by atoms with E-state index < -0.39 is 21.7 Å². The molecule has 0 radical (unpaired) electrons. The summed E-state index contributed by atoms with van der Waals surface area (Å²) in [5.41, 5.74) is 3.22. The molecule has 0 fully saturated rings. The molecular weight excluding hydrogens is 415 g/mol. The standard InChI is InChI=1S/C24H25FN2O3S/c1-16(2)22-10-5-7-17(3)23(22)26-24(28)18-8-6-9-21(15-18)31(29,30)27(4)20-13-11-19(25)12-14-20/h5-16H,1-4H3,(H,26,28). The second kappa shape index (κ2) is 8.89. The predicted octanol–water partition coefficient (Wildman–Crippen LogP) is 5.33. The van der Waals surface area contributed by atoms with Crippen molar-refractivity contribution in [3.63, 3.8) is 0 Å². The largest absolute Gasteiger partial charge is 0.321 e. The summed E-state index contributed by atoms with van der Waals surface area (Å²) in [6.07, 6.45) is 0. The molecule has 0 saturated heterocycles. The van der Waals surface area contributed by atoms with Crippen LogP contribution in [0.4, 0.5) is 15.8 Å². The molecule has 3 aromatic rings. The van der Waals surface area contributed by atoms with Crippen molar-refractivity contribution in [3.8, 4) is 0 Å². The minimum absolute atomic E-state index is 0.0270. The molecule has 1 N–H and O–H groups in total. The molecule has 1 amide bonds. The van der Waals surface area contributed by atoms with Crippen LogP contribution in [0.5, 0.6) is 0 Å². The minimum atomic E-state index is -3.93. The third-order valence-corrected chi connectivity index (χ3v) is 6.89. The Kier molecular flexibility index (Phi) is 6.45. The molecular formula is C24H25FN2O3S. The van der Waals surface area contributed by atoms with Crippen molar-refractivity contribution >= 4 is 27.3 Å². The van der Waals surface area contributed by atoms with E-state index >= 15 is 0 Å². The van der Waals surface area contributed by atoms with Crippen LogP contribution in [0.15, 0.2) is 71.6 Å². The zero-order valence-corrected chi connectivity index (χ0v) is 18.7. The van der Waals surface area contributed by atoms with Crippen LogP contribution in [0.3, 0.4) is 0 Å². The summed E-state index contributed by atoms with van der Waals surface area (Å²) in [5.74, 6) is -0.630. The van der Waals surface area contributed by atoms with Gasteiger partial charge in [-0.2, -0.15) is 0 Å². The highest BCUT2D eigenvalue weighted by Gasteiger charge is 2.23. The van der Waals surface area contributed by atoms with Gasteiger partial charge < -0.3 is 5.32 Å². The minimum Gasteiger partial charge on any atom is -0.321 e. The van der Waals surface area contributed by atoms with Crippen molar-refractivity contribution in [2.45, 2.75) is 31.6 Å². The first kappa shape index (κ1) is 22.5. The Balaban J connectivity index is 1.91. The molecule has 0 bridgehead atoms. The summed E-state index contributed by atoms with van der Waals surface area (Å²) in [7, 11) is -2.55. The maximum Gasteiger partial charge on any atom is 0.264 e. The Morgan fingerprint density at radius 2 is 1.65 bits per heavy atom. The number of benzene rings is 3. The number of aryl methyl sites for hydroxylation is 1. The molecule has 0 atom stereocenters. The summed E-state index contributed by atoms with van der Waals surface area (Å²) in [6.45, 7) is 6.01. The number of nitrogens with zero attached hydrogens (tertiary/aromatic N) is 1. The van der Waals surface area contributed by atoms with Gasteiger partial charge in [0, 0.05) is 18.3 Å². The number of nitrogens with one attached hydrogen (secondary N) is 1. The third-order valence-electron chi connectivity index (χ3n) is 5.11. The van der Waals surface area contributed by atoms with Crippen molar-refractivity contribution in [2.24, 2.45) is 0 Å². The molecule has 5 nitrogen and oxygen atoms in total. The van der Waals surface area contributed by atoms with E-state index in [1.807, 2.05) is 39.0 Å². The molecule has 7 heteroatoms. The Morgan fingerprint density at radius 1 is 1.00 bits per heavy atom. The average Bonchev–Trinajstić information content (AvgIpc) is 2.75. The first-order chi connectivity index (χ1) is 14.6. The van der Waals surface area contributed by atoms with Gasteiger partial charge in [-0.05, 0) is 66.4 Å². The van der Waals surface area contributed by atoms with Gasteiger partial charge in [0.15, 0.2) is 0 Å². The number of carbonyl (C=O) groups is 1. The molecule has 3 rings (SSSR count). The Labute approximate surface area is 182 Å². The van der Waals surface area contributed by atoms with E-state index in [2.05, 4.69) is 5.32 Å². The number of sulfonamides is 1. The second-order valence-electron chi connectivity index (χ2n) is 7.62. The van der Waals surface area contributed by atoms with E-state index in [-0.39, 0.29) is 16.4 Å². The van der Waals surface area contributed by atoms with Crippen LogP contribution in [-0.4, -0.2) is 21.4 Å². The highest BCUT2D eigenvalue weighted by atomic mass is 32.2. The number of carbonyl (C=O) groups excluding carboxylic acids is 1. The van der Waals surface area contributed by atoms with E-state index in [1.165, 1.54) is 49.5 Å². The molecule has 0 unspecified atom stereocenters. The lowest BCUT2D eigenvalue weighted by atomic mass is 9.98. The number of rotatable bonds is 6. The lowest BCUT2D eigenvalue weighted by Crippen LogP contribution is -2.27. The Bertz CT molecular complexity index is 1210. The highest BCUT2D eigenvalue weighted by Crippen LogP contribution is 2.28. The topological polar surface area (TPSA) is 66.5 Å². The predicted molar refractivity (Wildman–Crippen MR) is 122 cm³/mol. The van der Waals surface area contributed by atoms with Crippen molar-refractivity contribution < 1.29 is 17.6 Å². The molecule has 0 aliphatic carbocycles. The molecule has 0 spiro atoms. The van der Waals surface area contributed by atoms with Crippen LogP contribution in [0.25, 0.3) is 0 Å². The van der Waals surface area contributed by atoms with Crippen molar-refractivity contribution in [1.82, 2.24) is 0 Å². The van der Waals surface area contributed by atoms with Crippen LogP contribution in [-0.2, 0) is 10.0 Å². The van der Waals surface area contributed by atoms with Gasteiger partial charge in [0.1, 0.15) is 5.82 Å². The molecule has 0 aliphatic rings. The summed E-state index contributed by atoms with van der Waals surface area (Å²) < 4.78 is 40.3. The first-order valence-electron chi connectivity index (χ1n) is 9.86. The molecule has 31 heavy (non-hydrogen) atoms. The van der Waals surface area contributed by atoms with E-state index in [9.17, 15) is 17.6 Å². The lowest BCUT2D eigenvalue weighted by Gasteiger charge is -2.20. The number of anilines is 2. The number of hydrogen-bond donors (Lipinski definition) is 1. The fourth-order valence-electron chi connectivity index (χ4n) is 3.27. The third kappa shape index (κ3) is 4.77. The highest BCUT2D eigenvalue weighted by molar-refractivity contribution is 7.92. The maximum atomic E-state index is 13.2. The number of amides is 1. The van der Waals surface area contributed by atoms with Gasteiger partial charge in [0.25, 0.3) is 15.9 Å². The first-order valence-corrected chi connectivity index (χ1v) is 11.3. The van der Waals surface area contributed by atoms with Crippen LogP contribution < -0.4 is 9.62 Å². The zero-order valence-electron chi connectivity index (χ0n) is 17.9. The quantitative estimate of drug-likeness (QED) is 0.563. The SMILES string of the molecule is Cc1cccc(C(C)C)c1NC(=O)c1cccc(S(=O)(=O)N(C)c2ccc(F)cc2)c1. The van der Waals surface area contributed by atoms with Crippen LogP contribution in [0, 0.1) is 12.7 Å². The van der Waals surface area contributed by atoms with Gasteiger partial charge in [-0.3, -0.25) is 9.10 Å². The average molecular weight is 441 g/mol. The van der Waals surface area contributed by atoms with Crippen molar-refractivity contribution in [3.05, 3.63) is 89.2 Å². The van der Waals surface area contributed by atoms with Crippen LogP contribution in [0.1, 0.15) is 41.3 Å². The van der Waals surface area contributed by atoms with Gasteiger partial charge >= 0.3 is 0 Å². The fraction of sp³-hybridized carbons (Fsp3) is 0.208. The number of halogens is 1. The summed E-state index contributed by atoms with van der Waals surface area (Å²) in [5, 5.41) is 2.93. The van der Waals surface area contributed by atoms with Crippen LogP contribution >= 0.6 is 0 Å². The summed E-state index contributed by atoms with van der Waals surface area (Å²) in [6, 6.07) is 16.9. The molecule has 0 saturated carbocycles. The Hall–Kier alpha value is -3.19. The Morgan fingerprint density at radius 3 is 2.29 bits per heavy atom. The maximum absolute atomic E-state index is 13.2.